The van der Waals surface area contributed by atoms with Crippen LogP contribution in [0.4, 0.5) is 0 Å². The van der Waals surface area contributed by atoms with E-state index in [1.807, 2.05) is 31.2 Å². The molecule has 0 aliphatic rings. The average Bonchev–Trinajstić information content (AvgIpc) is 2.45. The van der Waals surface area contributed by atoms with Gasteiger partial charge in [-0.15, -0.1) is 0 Å². The molecule has 3 nitrogen and oxygen atoms in total. The summed E-state index contributed by atoms with van der Waals surface area (Å²) in [5.41, 5.74) is 2.34. The maximum Gasteiger partial charge on any atom is 0.254 e. The van der Waals surface area contributed by atoms with Crippen LogP contribution in [0.3, 0.4) is 0 Å². The van der Waals surface area contributed by atoms with Crippen LogP contribution in [0.15, 0.2) is 36.4 Å². The SMILES string of the molecule is CCc1cc(C(=O)N(C)Cc2cccc(Cl)c2)cc(Cl)n1. The van der Waals surface area contributed by atoms with Gasteiger partial charge in [-0.25, -0.2) is 4.98 Å². The summed E-state index contributed by atoms with van der Waals surface area (Å²) < 4.78 is 0. The molecule has 0 bridgehead atoms. The molecular formula is C16H16Cl2N2O. The summed E-state index contributed by atoms with van der Waals surface area (Å²) in [5.74, 6) is -0.0889. The minimum atomic E-state index is -0.0889. The minimum Gasteiger partial charge on any atom is -0.337 e. The van der Waals surface area contributed by atoms with Gasteiger partial charge in [0.2, 0.25) is 0 Å². The molecule has 1 amide bonds. The van der Waals surface area contributed by atoms with Gasteiger partial charge in [-0.1, -0.05) is 42.3 Å². The Labute approximate surface area is 134 Å². The second-order valence-electron chi connectivity index (χ2n) is 4.81. The van der Waals surface area contributed by atoms with E-state index in [1.165, 1.54) is 0 Å². The Bertz CT molecular complexity index is 658. The lowest BCUT2D eigenvalue weighted by molar-refractivity contribution is 0.0785. The third kappa shape index (κ3) is 4.19. The van der Waals surface area contributed by atoms with E-state index in [0.717, 1.165) is 17.7 Å². The number of hydrogen-bond acceptors (Lipinski definition) is 2. The lowest BCUT2D eigenvalue weighted by atomic mass is 10.1. The maximum atomic E-state index is 12.5. The van der Waals surface area contributed by atoms with E-state index in [2.05, 4.69) is 4.98 Å². The van der Waals surface area contributed by atoms with Crippen molar-refractivity contribution in [1.29, 1.82) is 0 Å². The highest BCUT2D eigenvalue weighted by Crippen LogP contribution is 2.16. The van der Waals surface area contributed by atoms with Gasteiger partial charge in [0.05, 0.1) is 0 Å². The standard InChI is InChI=1S/C16H16Cl2N2O/c1-3-14-8-12(9-15(18)19-14)16(21)20(2)10-11-5-4-6-13(17)7-11/h4-9H,3,10H2,1-2H3. The molecule has 5 heteroatoms. The summed E-state index contributed by atoms with van der Waals surface area (Å²) in [6.07, 6.45) is 0.735. The lowest BCUT2D eigenvalue weighted by Gasteiger charge is -2.18. The first-order valence-corrected chi connectivity index (χ1v) is 7.41. The smallest absolute Gasteiger partial charge is 0.254 e. The number of pyridine rings is 1. The van der Waals surface area contributed by atoms with E-state index in [1.54, 1.807) is 24.1 Å². The van der Waals surface area contributed by atoms with Crippen molar-refractivity contribution in [2.24, 2.45) is 0 Å². The molecule has 0 N–H and O–H groups in total. The molecule has 0 atom stereocenters. The van der Waals surface area contributed by atoms with Crippen molar-refractivity contribution in [3.05, 3.63) is 63.4 Å². The zero-order chi connectivity index (χ0) is 15.4. The summed E-state index contributed by atoms with van der Waals surface area (Å²) in [5, 5.41) is 1.00. The topological polar surface area (TPSA) is 33.2 Å². The minimum absolute atomic E-state index is 0.0889. The van der Waals surface area contributed by atoms with Crippen LogP contribution in [0.25, 0.3) is 0 Å². The van der Waals surface area contributed by atoms with Crippen LogP contribution >= 0.6 is 23.2 Å². The molecule has 2 rings (SSSR count). The fourth-order valence-corrected chi connectivity index (χ4v) is 2.50. The number of carbonyl (C=O) groups excluding carboxylic acids is 1. The first-order chi connectivity index (χ1) is 9.99. The Morgan fingerprint density at radius 2 is 2.00 bits per heavy atom. The van der Waals surface area contributed by atoms with Crippen LogP contribution < -0.4 is 0 Å². The molecule has 0 radical (unpaired) electrons. The van der Waals surface area contributed by atoms with Crippen LogP contribution in [-0.4, -0.2) is 22.8 Å². The number of aromatic nitrogens is 1. The van der Waals surface area contributed by atoms with Gasteiger partial charge in [0, 0.05) is 29.9 Å². The molecule has 0 aliphatic carbocycles. The number of halogens is 2. The molecule has 2 aromatic rings. The Hall–Kier alpha value is -1.58. The Morgan fingerprint density at radius 3 is 2.67 bits per heavy atom. The van der Waals surface area contributed by atoms with E-state index in [-0.39, 0.29) is 5.91 Å². The third-order valence-corrected chi connectivity index (χ3v) is 3.54. The monoisotopic (exact) mass is 322 g/mol. The first kappa shape index (κ1) is 15.8. The van der Waals surface area contributed by atoms with Gasteiger partial charge >= 0.3 is 0 Å². The summed E-state index contributed by atoms with van der Waals surface area (Å²) in [4.78, 5) is 18.3. The molecule has 0 fully saturated rings. The van der Waals surface area contributed by atoms with Crippen molar-refractivity contribution in [1.82, 2.24) is 9.88 Å². The molecule has 110 valence electrons. The molecule has 0 unspecified atom stereocenters. The van der Waals surface area contributed by atoms with Crippen LogP contribution in [0.2, 0.25) is 10.2 Å². The summed E-state index contributed by atoms with van der Waals surface area (Å²) >= 11 is 11.9. The van der Waals surface area contributed by atoms with E-state index in [0.29, 0.717) is 22.3 Å². The van der Waals surface area contributed by atoms with Gasteiger partial charge in [0.15, 0.2) is 0 Å². The maximum absolute atomic E-state index is 12.5. The van der Waals surface area contributed by atoms with Gasteiger partial charge in [-0.2, -0.15) is 0 Å². The number of hydrogen-bond donors (Lipinski definition) is 0. The van der Waals surface area contributed by atoms with Crippen LogP contribution in [0.1, 0.15) is 28.5 Å². The molecule has 21 heavy (non-hydrogen) atoms. The van der Waals surface area contributed by atoms with Crippen molar-refractivity contribution in [3.63, 3.8) is 0 Å². The zero-order valence-corrected chi connectivity index (χ0v) is 13.4. The Morgan fingerprint density at radius 1 is 1.24 bits per heavy atom. The molecule has 0 aliphatic heterocycles. The Balaban J connectivity index is 2.17. The predicted octanol–water partition coefficient (Wildman–Crippen LogP) is 4.22. The number of nitrogens with zero attached hydrogens (tertiary/aromatic N) is 2. The number of aryl methyl sites for hydroxylation is 1. The fourth-order valence-electron chi connectivity index (χ4n) is 2.06. The molecule has 1 aromatic heterocycles. The van der Waals surface area contributed by atoms with Gasteiger partial charge in [0.1, 0.15) is 5.15 Å². The Kier molecular flexibility index (Phi) is 5.21. The van der Waals surface area contributed by atoms with Gasteiger partial charge in [-0.05, 0) is 36.2 Å². The fraction of sp³-hybridized carbons (Fsp3) is 0.250. The van der Waals surface area contributed by atoms with E-state index < -0.39 is 0 Å². The second kappa shape index (κ2) is 6.92. The van der Waals surface area contributed by atoms with Crippen molar-refractivity contribution in [2.45, 2.75) is 19.9 Å². The van der Waals surface area contributed by atoms with Crippen LogP contribution in [0, 0.1) is 0 Å². The quantitative estimate of drug-likeness (QED) is 0.789. The highest BCUT2D eigenvalue weighted by Gasteiger charge is 2.14. The van der Waals surface area contributed by atoms with Crippen LogP contribution in [0.5, 0.6) is 0 Å². The number of amides is 1. The number of carbonyl (C=O) groups is 1. The van der Waals surface area contributed by atoms with E-state index in [9.17, 15) is 4.79 Å². The first-order valence-electron chi connectivity index (χ1n) is 6.66. The lowest BCUT2D eigenvalue weighted by Crippen LogP contribution is -2.26. The molecular weight excluding hydrogens is 307 g/mol. The highest BCUT2D eigenvalue weighted by atomic mass is 35.5. The normalized spacial score (nSPS) is 10.5. The van der Waals surface area contributed by atoms with Gasteiger partial charge < -0.3 is 4.90 Å². The average molecular weight is 323 g/mol. The summed E-state index contributed by atoms with van der Waals surface area (Å²) in [6.45, 7) is 2.46. The number of rotatable bonds is 4. The van der Waals surface area contributed by atoms with Crippen molar-refractivity contribution < 1.29 is 4.79 Å². The van der Waals surface area contributed by atoms with Gasteiger partial charge in [-0.3, -0.25) is 4.79 Å². The van der Waals surface area contributed by atoms with Crippen LogP contribution in [-0.2, 0) is 13.0 Å². The predicted molar refractivity (Wildman–Crippen MR) is 85.9 cm³/mol. The molecule has 0 saturated carbocycles. The molecule has 1 heterocycles. The summed E-state index contributed by atoms with van der Waals surface area (Å²) in [6, 6.07) is 10.8. The van der Waals surface area contributed by atoms with E-state index in [4.69, 9.17) is 23.2 Å². The molecule has 0 saturated heterocycles. The van der Waals surface area contributed by atoms with Crippen molar-refractivity contribution >= 4 is 29.1 Å². The van der Waals surface area contributed by atoms with Crippen molar-refractivity contribution in [3.8, 4) is 0 Å². The third-order valence-electron chi connectivity index (χ3n) is 3.11. The number of benzene rings is 1. The second-order valence-corrected chi connectivity index (χ2v) is 5.64. The largest absolute Gasteiger partial charge is 0.337 e. The highest BCUT2D eigenvalue weighted by molar-refractivity contribution is 6.30. The molecule has 1 aromatic carbocycles. The molecule has 0 spiro atoms. The zero-order valence-electron chi connectivity index (χ0n) is 11.9. The van der Waals surface area contributed by atoms with E-state index >= 15 is 0 Å². The van der Waals surface area contributed by atoms with Gasteiger partial charge in [0.25, 0.3) is 5.91 Å². The summed E-state index contributed by atoms with van der Waals surface area (Å²) in [7, 11) is 1.75. The van der Waals surface area contributed by atoms with Crippen molar-refractivity contribution in [2.75, 3.05) is 7.05 Å².